The smallest absolute Gasteiger partial charge is 0.255 e. The molecule has 1 fully saturated rings. The SMILES string of the molecule is Cc1cc2cccc(C(=O)N[C@@H]3CCOC[C@H]3OCc3cscn3)c2o1. The van der Waals surface area contributed by atoms with Crippen molar-refractivity contribution in [2.24, 2.45) is 0 Å². The molecule has 0 spiro atoms. The van der Waals surface area contributed by atoms with Crippen molar-refractivity contribution in [2.45, 2.75) is 32.1 Å². The van der Waals surface area contributed by atoms with Crippen LogP contribution >= 0.6 is 11.3 Å². The maximum Gasteiger partial charge on any atom is 0.255 e. The lowest BCUT2D eigenvalue weighted by atomic mass is 10.0. The van der Waals surface area contributed by atoms with E-state index >= 15 is 0 Å². The predicted octanol–water partition coefficient (Wildman–Crippen LogP) is 3.30. The number of rotatable bonds is 5. The molecule has 2 aromatic heterocycles. The first kappa shape index (κ1) is 17.2. The predicted molar refractivity (Wildman–Crippen MR) is 98.3 cm³/mol. The first-order chi connectivity index (χ1) is 12.7. The highest BCUT2D eigenvalue weighted by molar-refractivity contribution is 7.07. The number of carbonyl (C=O) groups excluding carboxylic acids is 1. The zero-order valence-electron chi connectivity index (χ0n) is 14.4. The second-order valence-corrected chi connectivity index (χ2v) is 7.07. The zero-order valence-corrected chi connectivity index (χ0v) is 15.3. The minimum atomic E-state index is -0.202. The Kier molecular flexibility index (Phi) is 5.01. The Labute approximate surface area is 155 Å². The van der Waals surface area contributed by atoms with E-state index in [0.29, 0.717) is 37.4 Å². The monoisotopic (exact) mass is 372 g/mol. The van der Waals surface area contributed by atoms with E-state index < -0.39 is 0 Å². The molecule has 7 heteroatoms. The van der Waals surface area contributed by atoms with Gasteiger partial charge in [0.2, 0.25) is 0 Å². The summed E-state index contributed by atoms with van der Waals surface area (Å²) in [4.78, 5) is 17.1. The first-order valence-corrected chi connectivity index (χ1v) is 9.51. The summed E-state index contributed by atoms with van der Waals surface area (Å²) in [5, 5.41) is 5.98. The van der Waals surface area contributed by atoms with Gasteiger partial charge in [-0.2, -0.15) is 0 Å². The third kappa shape index (κ3) is 3.65. The van der Waals surface area contributed by atoms with Crippen molar-refractivity contribution in [3.05, 3.63) is 52.2 Å². The summed E-state index contributed by atoms with van der Waals surface area (Å²) in [5.74, 6) is 0.634. The average molecular weight is 372 g/mol. The summed E-state index contributed by atoms with van der Waals surface area (Å²) in [5.41, 5.74) is 3.83. The third-order valence-corrected chi connectivity index (χ3v) is 5.10. The van der Waals surface area contributed by atoms with Gasteiger partial charge < -0.3 is 19.2 Å². The molecule has 1 aliphatic heterocycles. The largest absolute Gasteiger partial charge is 0.461 e. The van der Waals surface area contributed by atoms with Crippen molar-refractivity contribution in [3.63, 3.8) is 0 Å². The zero-order chi connectivity index (χ0) is 17.9. The normalized spacial score (nSPS) is 20.3. The number of ether oxygens (including phenoxy) is 2. The fourth-order valence-corrected chi connectivity index (χ4v) is 3.70. The Bertz CT molecular complexity index is 890. The van der Waals surface area contributed by atoms with Crippen molar-refractivity contribution in [1.29, 1.82) is 0 Å². The molecule has 3 heterocycles. The number of para-hydroxylation sites is 1. The number of thiazole rings is 1. The number of benzene rings is 1. The van der Waals surface area contributed by atoms with Crippen LogP contribution < -0.4 is 5.32 Å². The van der Waals surface area contributed by atoms with E-state index in [1.807, 2.05) is 30.5 Å². The summed E-state index contributed by atoms with van der Waals surface area (Å²) in [6.07, 6.45) is 0.507. The summed E-state index contributed by atoms with van der Waals surface area (Å²) in [7, 11) is 0. The number of furan rings is 1. The van der Waals surface area contributed by atoms with E-state index in [-0.39, 0.29) is 18.1 Å². The Morgan fingerprint density at radius 3 is 3.23 bits per heavy atom. The van der Waals surface area contributed by atoms with E-state index in [4.69, 9.17) is 13.9 Å². The average Bonchev–Trinajstić information content (AvgIpc) is 3.28. The van der Waals surface area contributed by atoms with Crippen molar-refractivity contribution in [2.75, 3.05) is 13.2 Å². The summed E-state index contributed by atoms with van der Waals surface area (Å²) in [6.45, 7) is 3.35. The maximum absolute atomic E-state index is 12.8. The molecule has 3 aromatic rings. The minimum Gasteiger partial charge on any atom is -0.461 e. The Hall–Kier alpha value is -2.22. The van der Waals surface area contributed by atoms with Gasteiger partial charge in [0.1, 0.15) is 17.4 Å². The van der Waals surface area contributed by atoms with Gasteiger partial charge in [-0.1, -0.05) is 12.1 Å². The number of amides is 1. The van der Waals surface area contributed by atoms with Crippen LogP contribution in [0.5, 0.6) is 0 Å². The molecule has 2 atom stereocenters. The minimum absolute atomic E-state index is 0.110. The van der Waals surface area contributed by atoms with Crippen LogP contribution in [-0.2, 0) is 16.1 Å². The fourth-order valence-electron chi connectivity index (χ4n) is 3.16. The van der Waals surface area contributed by atoms with Gasteiger partial charge in [-0.15, -0.1) is 11.3 Å². The first-order valence-electron chi connectivity index (χ1n) is 8.57. The fraction of sp³-hybridized carbons (Fsp3) is 0.368. The van der Waals surface area contributed by atoms with Crippen molar-refractivity contribution >= 4 is 28.2 Å². The quantitative estimate of drug-likeness (QED) is 0.744. The highest BCUT2D eigenvalue weighted by Crippen LogP contribution is 2.23. The number of hydrogen-bond donors (Lipinski definition) is 1. The second-order valence-electron chi connectivity index (χ2n) is 6.35. The van der Waals surface area contributed by atoms with Crippen LogP contribution in [0, 0.1) is 6.92 Å². The Balaban J connectivity index is 1.47. The van der Waals surface area contributed by atoms with E-state index in [9.17, 15) is 4.79 Å². The van der Waals surface area contributed by atoms with Gasteiger partial charge in [-0.3, -0.25) is 4.79 Å². The van der Waals surface area contributed by atoms with E-state index in [1.165, 1.54) is 11.3 Å². The third-order valence-electron chi connectivity index (χ3n) is 4.46. The van der Waals surface area contributed by atoms with Gasteiger partial charge in [-0.05, 0) is 25.5 Å². The summed E-state index contributed by atoms with van der Waals surface area (Å²) < 4.78 is 17.2. The molecule has 0 saturated carbocycles. The second kappa shape index (κ2) is 7.57. The highest BCUT2D eigenvalue weighted by atomic mass is 32.1. The van der Waals surface area contributed by atoms with Crippen LogP contribution in [0.25, 0.3) is 11.0 Å². The molecular formula is C19H20N2O4S. The molecule has 136 valence electrons. The van der Waals surface area contributed by atoms with Crippen LogP contribution in [0.15, 0.2) is 39.6 Å². The molecular weight excluding hydrogens is 352 g/mol. The van der Waals surface area contributed by atoms with Crippen molar-refractivity contribution in [1.82, 2.24) is 10.3 Å². The van der Waals surface area contributed by atoms with Gasteiger partial charge in [0, 0.05) is 17.4 Å². The van der Waals surface area contributed by atoms with Gasteiger partial charge >= 0.3 is 0 Å². The molecule has 1 amide bonds. The number of hydrogen-bond acceptors (Lipinski definition) is 6. The van der Waals surface area contributed by atoms with Crippen LogP contribution in [0.2, 0.25) is 0 Å². The van der Waals surface area contributed by atoms with Gasteiger partial charge in [0.25, 0.3) is 5.91 Å². The molecule has 4 rings (SSSR count). The van der Waals surface area contributed by atoms with E-state index in [2.05, 4.69) is 10.3 Å². The number of aromatic nitrogens is 1. The van der Waals surface area contributed by atoms with Gasteiger partial charge in [-0.25, -0.2) is 4.98 Å². The van der Waals surface area contributed by atoms with E-state index in [1.54, 1.807) is 11.6 Å². The molecule has 1 aliphatic rings. The Morgan fingerprint density at radius 1 is 1.46 bits per heavy atom. The van der Waals surface area contributed by atoms with Gasteiger partial charge in [0.15, 0.2) is 0 Å². The van der Waals surface area contributed by atoms with Crippen LogP contribution in [0.1, 0.15) is 28.2 Å². The molecule has 6 nitrogen and oxygen atoms in total. The number of aryl methyl sites for hydroxylation is 1. The lowest BCUT2D eigenvalue weighted by molar-refractivity contribution is -0.0742. The molecule has 26 heavy (non-hydrogen) atoms. The standard InChI is InChI=1S/C19H20N2O4S/c1-12-7-13-3-2-4-15(18(13)25-12)19(22)21-16-5-6-23-9-17(16)24-8-14-10-26-11-20-14/h2-4,7,10-11,16-17H,5-6,8-9H2,1H3,(H,21,22)/t16-,17-/m1/s1. The van der Waals surface area contributed by atoms with E-state index in [0.717, 1.165) is 16.8 Å². The number of nitrogens with one attached hydrogen (secondary N) is 1. The summed E-state index contributed by atoms with van der Waals surface area (Å²) in [6, 6.07) is 7.41. The molecule has 1 aromatic carbocycles. The van der Waals surface area contributed by atoms with Gasteiger partial charge in [0.05, 0.1) is 36.0 Å². The number of fused-ring (bicyclic) bond motifs is 1. The van der Waals surface area contributed by atoms with Crippen LogP contribution in [-0.4, -0.2) is 36.3 Å². The van der Waals surface area contributed by atoms with Crippen molar-refractivity contribution in [3.8, 4) is 0 Å². The van der Waals surface area contributed by atoms with Crippen LogP contribution in [0.4, 0.5) is 0 Å². The number of nitrogens with zero attached hydrogens (tertiary/aromatic N) is 1. The topological polar surface area (TPSA) is 73.6 Å². The lowest BCUT2D eigenvalue weighted by Gasteiger charge is -2.32. The highest BCUT2D eigenvalue weighted by Gasteiger charge is 2.29. The number of carbonyl (C=O) groups is 1. The van der Waals surface area contributed by atoms with Crippen LogP contribution in [0.3, 0.4) is 0 Å². The Morgan fingerprint density at radius 2 is 2.38 bits per heavy atom. The molecule has 1 N–H and O–H groups in total. The maximum atomic E-state index is 12.8. The molecule has 1 saturated heterocycles. The molecule has 0 radical (unpaired) electrons. The van der Waals surface area contributed by atoms with Crippen molar-refractivity contribution < 1.29 is 18.7 Å². The summed E-state index contributed by atoms with van der Waals surface area (Å²) >= 11 is 1.54. The molecule has 0 aliphatic carbocycles. The molecule has 0 bridgehead atoms. The molecule has 0 unspecified atom stereocenters. The lowest BCUT2D eigenvalue weighted by Crippen LogP contribution is -2.50.